The highest BCUT2D eigenvalue weighted by atomic mass is 16.6. The Bertz CT molecular complexity index is 421. The van der Waals surface area contributed by atoms with E-state index in [1.54, 1.807) is 13.0 Å². The number of hydrogen-bond acceptors (Lipinski definition) is 3. The summed E-state index contributed by atoms with van der Waals surface area (Å²) < 4.78 is 11.0. The summed E-state index contributed by atoms with van der Waals surface area (Å²) in [6, 6.07) is 1.78. The molecule has 0 fully saturated rings. The average molecular weight is 206 g/mol. The van der Waals surface area contributed by atoms with Crippen LogP contribution in [0.15, 0.2) is 6.07 Å². The Balaban J connectivity index is 2.63. The molecule has 0 spiro atoms. The standard InChI is InChI=1S/C12H14O3/c1-7-8(2)12-11(14-4-5-15-12)6-10(7)9(3)13/h6H,4-5H2,1-3H3. The van der Waals surface area contributed by atoms with Crippen LogP contribution < -0.4 is 9.47 Å². The van der Waals surface area contributed by atoms with E-state index in [0.717, 1.165) is 22.4 Å². The summed E-state index contributed by atoms with van der Waals surface area (Å²) in [7, 11) is 0. The first-order valence-corrected chi connectivity index (χ1v) is 5.02. The van der Waals surface area contributed by atoms with Gasteiger partial charge in [-0.15, -0.1) is 0 Å². The molecule has 0 unspecified atom stereocenters. The Hall–Kier alpha value is -1.51. The van der Waals surface area contributed by atoms with E-state index in [9.17, 15) is 4.79 Å². The van der Waals surface area contributed by atoms with Crippen LogP contribution >= 0.6 is 0 Å². The van der Waals surface area contributed by atoms with Gasteiger partial charge < -0.3 is 9.47 Å². The molecule has 0 saturated carbocycles. The second kappa shape index (κ2) is 3.57. The first-order chi connectivity index (χ1) is 7.11. The molecule has 0 atom stereocenters. The number of ether oxygens (including phenoxy) is 2. The van der Waals surface area contributed by atoms with Gasteiger partial charge in [0.1, 0.15) is 13.2 Å². The number of Topliss-reactive ketones (excluding diaryl/α,β-unsaturated/α-hetero) is 1. The van der Waals surface area contributed by atoms with Crippen molar-refractivity contribution in [2.45, 2.75) is 20.8 Å². The average Bonchev–Trinajstić information content (AvgIpc) is 2.23. The van der Waals surface area contributed by atoms with E-state index in [1.807, 2.05) is 13.8 Å². The van der Waals surface area contributed by atoms with Crippen LogP contribution in [0.5, 0.6) is 11.5 Å². The van der Waals surface area contributed by atoms with Gasteiger partial charge in [0, 0.05) is 5.56 Å². The van der Waals surface area contributed by atoms with E-state index < -0.39 is 0 Å². The maximum atomic E-state index is 11.4. The first-order valence-electron chi connectivity index (χ1n) is 5.02. The van der Waals surface area contributed by atoms with Crippen LogP contribution in [0, 0.1) is 13.8 Å². The molecular weight excluding hydrogens is 192 g/mol. The van der Waals surface area contributed by atoms with E-state index in [-0.39, 0.29) is 5.78 Å². The molecular formula is C12H14O3. The SMILES string of the molecule is CC(=O)c1cc2c(c(C)c1C)OCCO2. The fourth-order valence-corrected chi connectivity index (χ4v) is 1.81. The maximum Gasteiger partial charge on any atom is 0.164 e. The minimum atomic E-state index is 0.0626. The molecule has 3 heteroatoms. The van der Waals surface area contributed by atoms with Crippen LogP contribution in [-0.4, -0.2) is 19.0 Å². The molecule has 80 valence electrons. The van der Waals surface area contributed by atoms with Crippen molar-refractivity contribution < 1.29 is 14.3 Å². The van der Waals surface area contributed by atoms with E-state index >= 15 is 0 Å². The van der Waals surface area contributed by atoms with Gasteiger partial charge in [-0.3, -0.25) is 4.79 Å². The molecule has 0 saturated heterocycles. The Morgan fingerprint density at radius 1 is 1.20 bits per heavy atom. The molecule has 15 heavy (non-hydrogen) atoms. The minimum absolute atomic E-state index is 0.0626. The molecule has 1 aromatic rings. The van der Waals surface area contributed by atoms with Crippen LogP contribution in [0.3, 0.4) is 0 Å². The molecule has 0 aromatic heterocycles. The van der Waals surface area contributed by atoms with Crippen LogP contribution in [-0.2, 0) is 0 Å². The van der Waals surface area contributed by atoms with Gasteiger partial charge in [-0.2, -0.15) is 0 Å². The lowest BCUT2D eigenvalue weighted by Gasteiger charge is -2.22. The lowest BCUT2D eigenvalue weighted by Crippen LogP contribution is -2.17. The van der Waals surface area contributed by atoms with Gasteiger partial charge in [0.05, 0.1) is 0 Å². The van der Waals surface area contributed by atoms with E-state index in [1.165, 1.54) is 0 Å². The summed E-state index contributed by atoms with van der Waals surface area (Å²) in [6.07, 6.45) is 0. The summed E-state index contributed by atoms with van der Waals surface area (Å²) in [6.45, 7) is 6.58. The zero-order chi connectivity index (χ0) is 11.0. The minimum Gasteiger partial charge on any atom is -0.486 e. The largest absolute Gasteiger partial charge is 0.486 e. The van der Waals surface area contributed by atoms with Gasteiger partial charge in [0.15, 0.2) is 17.3 Å². The van der Waals surface area contributed by atoms with Crippen molar-refractivity contribution in [3.63, 3.8) is 0 Å². The normalized spacial score (nSPS) is 13.8. The molecule has 0 radical (unpaired) electrons. The molecule has 0 N–H and O–H groups in total. The van der Waals surface area contributed by atoms with Gasteiger partial charge in [-0.25, -0.2) is 0 Å². The number of benzene rings is 1. The number of ketones is 1. The van der Waals surface area contributed by atoms with Crippen molar-refractivity contribution in [1.29, 1.82) is 0 Å². The lowest BCUT2D eigenvalue weighted by atomic mass is 9.99. The maximum absolute atomic E-state index is 11.4. The highest BCUT2D eigenvalue weighted by molar-refractivity contribution is 5.96. The summed E-state index contributed by atoms with van der Waals surface area (Å²) in [5.74, 6) is 1.53. The second-order valence-corrected chi connectivity index (χ2v) is 3.75. The third-order valence-electron chi connectivity index (χ3n) is 2.77. The summed E-state index contributed by atoms with van der Waals surface area (Å²) in [4.78, 5) is 11.4. The van der Waals surface area contributed by atoms with Gasteiger partial charge in [0.2, 0.25) is 0 Å². The van der Waals surface area contributed by atoms with Crippen LogP contribution in [0.1, 0.15) is 28.4 Å². The Kier molecular flexibility index (Phi) is 2.39. The fourth-order valence-electron chi connectivity index (χ4n) is 1.81. The molecule has 2 rings (SSSR count). The van der Waals surface area contributed by atoms with Crippen molar-refractivity contribution in [1.82, 2.24) is 0 Å². The molecule has 1 aromatic carbocycles. The quantitative estimate of drug-likeness (QED) is 0.661. The predicted octanol–water partition coefficient (Wildman–Crippen LogP) is 2.28. The predicted molar refractivity (Wildman–Crippen MR) is 56.9 cm³/mol. The lowest BCUT2D eigenvalue weighted by molar-refractivity contribution is 0.101. The van der Waals surface area contributed by atoms with E-state index in [2.05, 4.69) is 0 Å². The highest BCUT2D eigenvalue weighted by Gasteiger charge is 2.19. The van der Waals surface area contributed by atoms with Crippen LogP contribution in [0.2, 0.25) is 0 Å². The number of rotatable bonds is 1. The monoisotopic (exact) mass is 206 g/mol. The number of carbonyl (C=O) groups is 1. The van der Waals surface area contributed by atoms with Crippen molar-refractivity contribution in [3.8, 4) is 11.5 Å². The van der Waals surface area contributed by atoms with Crippen molar-refractivity contribution in [2.24, 2.45) is 0 Å². The molecule has 1 aliphatic heterocycles. The van der Waals surface area contributed by atoms with Crippen molar-refractivity contribution in [3.05, 3.63) is 22.8 Å². The zero-order valence-electron chi connectivity index (χ0n) is 9.22. The third kappa shape index (κ3) is 1.58. The molecule has 1 aliphatic rings. The molecule has 1 heterocycles. The van der Waals surface area contributed by atoms with Gasteiger partial charge in [-0.05, 0) is 38.0 Å². The van der Waals surface area contributed by atoms with Crippen LogP contribution in [0.4, 0.5) is 0 Å². The number of hydrogen-bond donors (Lipinski definition) is 0. The smallest absolute Gasteiger partial charge is 0.164 e. The van der Waals surface area contributed by atoms with Crippen molar-refractivity contribution >= 4 is 5.78 Å². The Labute approximate surface area is 89.0 Å². The summed E-state index contributed by atoms with van der Waals surface area (Å²) in [5, 5.41) is 0. The third-order valence-corrected chi connectivity index (χ3v) is 2.77. The number of fused-ring (bicyclic) bond motifs is 1. The highest BCUT2D eigenvalue weighted by Crippen LogP contribution is 2.37. The van der Waals surface area contributed by atoms with Gasteiger partial charge in [0.25, 0.3) is 0 Å². The Morgan fingerprint density at radius 3 is 2.53 bits per heavy atom. The first kappa shape index (κ1) is 10.0. The number of carbonyl (C=O) groups excluding carboxylic acids is 1. The van der Waals surface area contributed by atoms with E-state index in [4.69, 9.17) is 9.47 Å². The summed E-state index contributed by atoms with van der Waals surface area (Å²) in [5.41, 5.74) is 2.70. The molecule has 0 bridgehead atoms. The van der Waals surface area contributed by atoms with Gasteiger partial charge >= 0.3 is 0 Å². The van der Waals surface area contributed by atoms with Crippen molar-refractivity contribution in [2.75, 3.05) is 13.2 Å². The molecule has 0 aliphatic carbocycles. The Morgan fingerprint density at radius 2 is 1.87 bits per heavy atom. The van der Waals surface area contributed by atoms with Crippen LogP contribution in [0.25, 0.3) is 0 Å². The molecule has 0 amide bonds. The topological polar surface area (TPSA) is 35.5 Å². The fraction of sp³-hybridized carbons (Fsp3) is 0.417. The summed E-state index contributed by atoms with van der Waals surface area (Å²) >= 11 is 0. The zero-order valence-corrected chi connectivity index (χ0v) is 9.22. The molecule has 3 nitrogen and oxygen atoms in total. The van der Waals surface area contributed by atoms with Gasteiger partial charge in [-0.1, -0.05) is 0 Å². The second-order valence-electron chi connectivity index (χ2n) is 3.75. The van der Waals surface area contributed by atoms with E-state index in [0.29, 0.717) is 19.0 Å².